The van der Waals surface area contributed by atoms with Crippen LogP contribution in [0, 0.1) is 19.2 Å². The van der Waals surface area contributed by atoms with Crippen molar-refractivity contribution >= 4 is 11.7 Å². The molecular weight excluding hydrogens is 168 g/mol. The van der Waals surface area contributed by atoms with Crippen LogP contribution in [0.3, 0.4) is 0 Å². The predicted molar refractivity (Wildman–Crippen MR) is 45.0 cm³/mol. The summed E-state index contributed by atoms with van der Waals surface area (Å²) in [5, 5.41) is 19.2. The highest BCUT2D eigenvalue weighted by Gasteiger charge is 2.18. The number of aromatic carboxylic acids is 1. The molecule has 0 aliphatic carbocycles. The van der Waals surface area contributed by atoms with Gasteiger partial charge in [-0.15, -0.1) is 0 Å². The van der Waals surface area contributed by atoms with Crippen LogP contribution in [0.15, 0.2) is 12.1 Å². The van der Waals surface area contributed by atoms with Gasteiger partial charge in [-0.3, -0.25) is 0 Å². The van der Waals surface area contributed by atoms with Crippen LogP contribution in [-0.2, 0) is 0 Å². The molecule has 4 nitrogen and oxygen atoms in total. The fraction of sp³-hybridized carbons (Fsp3) is 0.222. The Kier molecular flexibility index (Phi) is 2.29. The summed E-state index contributed by atoms with van der Waals surface area (Å²) in [6.45, 7) is 3.44. The maximum Gasteiger partial charge on any atom is 0.396 e. The van der Waals surface area contributed by atoms with Gasteiger partial charge >= 0.3 is 5.69 Å². The molecule has 0 N–H and O–H groups in total. The zero-order chi connectivity index (χ0) is 10.0. The first kappa shape index (κ1) is 9.20. The Balaban J connectivity index is 3.50. The minimum atomic E-state index is -1.33. The molecule has 0 bridgehead atoms. The van der Waals surface area contributed by atoms with Crippen LogP contribution in [0.4, 0.5) is 5.69 Å². The van der Waals surface area contributed by atoms with Crippen molar-refractivity contribution in [2.24, 2.45) is 0 Å². The molecule has 0 aliphatic rings. The van der Waals surface area contributed by atoms with E-state index in [9.17, 15) is 9.90 Å². The zero-order valence-electron chi connectivity index (χ0n) is 7.37. The molecule has 1 aromatic carbocycles. The third-order valence-corrected chi connectivity index (χ3v) is 1.76. The third-order valence-electron chi connectivity index (χ3n) is 1.76. The number of hydrogen-bond acceptors (Lipinski definition) is 3. The summed E-state index contributed by atoms with van der Waals surface area (Å²) >= 11 is 0. The van der Waals surface area contributed by atoms with Gasteiger partial charge in [-0.1, -0.05) is 0 Å². The molecule has 0 fully saturated rings. The molecule has 0 spiro atoms. The minimum absolute atomic E-state index is 0.0607. The molecule has 0 aliphatic heterocycles. The van der Waals surface area contributed by atoms with Crippen LogP contribution in [0.25, 0.3) is 4.98 Å². The van der Waals surface area contributed by atoms with Gasteiger partial charge in [-0.25, -0.2) is 0 Å². The molecule has 0 atom stereocenters. The van der Waals surface area contributed by atoms with E-state index < -0.39 is 5.97 Å². The number of rotatable bonds is 1. The third kappa shape index (κ3) is 1.64. The average Bonchev–Trinajstić information content (AvgIpc) is 2.02. The first-order chi connectivity index (χ1) is 6.06. The smallest absolute Gasteiger partial charge is 0.396 e. The lowest BCUT2D eigenvalue weighted by Crippen LogP contribution is -2.22. The van der Waals surface area contributed by atoms with Crippen LogP contribution in [0.5, 0.6) is 0 Å². The molecule has 13 heavy (non-hydrogen) atoms. The first-order valence-electron chi connectivity index (χ1n) is 3.74. The Morgan fingerprint density at radius 2 is 2.08 bits per heavy atom. The summed E-state index contributed by atoms with van der Waals surface area (Å²) in [6.07, 6.45) is 0. The number of hydrogen-bond donors (Lipinski definition) is 0. The van der Waals surface area contributed by atoms with E-state index in [2.05, 4.69) is 4.98 Å². The molecule has 4 heteroatoms. The van der Waals surface area contributed by atoms with Crippen molar-refractivity contribution in [3.8, 4) is 0 Å². The van der Waals surface area contributed by atoms with E-state index in [1.54, 1.807) is 19.9 Å². The van der Waals surface area contributed by atoms with E-state index in [0.29, 0.717) is 5.56 Å². The molecule has 0 radical (unpaired) electrons. The van der Waals surface area contributed by atoms with Gasteiger partial charge in [-0.05, 0) is 31.5 Å². The highest BCUT2D eigenvalue weighted by Crippen LogP contribution is 2.24. The second-order valence-corrected chi connectivity index (χ2v) is 2.87. The molecule has 0 unspecified atom stereocenters. The Bertz CT molecular complexity index is 405. The zero-order valence-corrected chi connectivity index (χ0v) is 7.37. The summed E-state index contributed by atoms with van der Waals surface area (Å²) in [5.74, 6) is -1.33. The van der Waals surface area contributed by atoms with Crippen molar-refractivity contribution in [1.29, 1.82) is 5.39 Å². The number of carbonyl (C=O) groups is 1. The predicted octanol–water partition coefficient (Wildman–Crippen LogP) is 1.15. The minimum Gasteiger partial charge on any atom is -0.545 e. The van der Waals surface area contributed by atoms with E-state index in [1.165, 1.54) is 6.07 Å². The molecular formula is C9H8N2O2. The number of carboxylic acid groups (broad SMARTS) is 1. The molecule has 0 saturated heterocycles. The summed E-state index contributed by atoms with van der Waals surface area (Å²) in [5.41, 5.74) is 1.39. The lowest BCUT2D eigenvalue weighted by molar-refractivity contribution is -0.254. The largest absolute Gasteiger partial charge is 0.545 e. The van der Waals surface area contributed by atoms with Crippen LogP contribution < -0.4 is 5.11 Å². The average molecular weight is 176 g/mol. The number of aryl methyl sites for hydroxylation is 2. The van der Waals surface area contributed by atoms with Gasteiger partial charge < -0.3 is 9.90 Å². The Labute approximate surface area is 75.4 Å². The van der Waals surface area contributed by atoms with E-state index in [4.69, 9.17) is 5.39 Å². The highest BCUT2D eigenvalue weighted by molar-refractivity contribution is 5.94. The highest BCUT2D eigenvalue weighted by atomic mass is 16.4. The fourth-order valence-corrected chi connectivity index (χ4v) is 1.25. The number of diazo groups is 1. The Hall–Kier alpha value is -1.89. The molecule has 0 saturated carbocycles. The number of carboxylic acids is 1. The van der Waals surface area contributed by atoms with Gasteiger partial charge in [0.15, 0.2) is 4.98 Å². The lowest BCUT2D eigenvalue weighted by atomic mass is 10.0. The first-order valence-corrected chi connectivity index (χ1v) is 3.74. The fourth-order valence-electron chi connectivity index (χ4n) is 1.25. The summed E-state index contributed by atoms with van der Waals surface area (Å²) < 4.78 is 0. The normalized spacial score (nSPS) is 9.31. The van der Waals surface area contributed by atoms with Gasteiger partial charge in [0.1, 0.15) is 0 Å². The molecule has 1 aromatic rings. The standard InChI is InChI=1S/C9H8N2O2/c1-5-3-6(2)8(11-10)7(4-5)9(12)13/h3-4H,1-2H3. The molecule has 1 rings (SSSR count). The number of benzene rings is 1. The molecule has 0 amide bonds. The second-order valence-electron chi connectivity index (χ2n) is 2.87. The van der Waals surface area contributed by atoms with Crippen molar-refractivity contribution < 1.29 is 9.90 Å². The van der Waals surface area contributed by atoms with Gasteiger partial charge in [0.2, 0.25) is 5.39 Å². The number of carbonyl (C=O) groups excluding carboxylic acids is 1. The van der Waals surface area contributed by atoms with Gasteiger partial charge in [-0.2, -0.15) is 0 Å². The Morgan fingerprint density at radius 3 is 2.54 bits per heavy atom. The van der Waals surface area contributed by atoms with Crippen molar-refractivity contribution in [3.63, 3.8) is 0 Å². The second kappa shape index (κ2) is 3.23. The SMILES string of the molecule is Cc1cc(C)c([N+]#N)c(C(=O)[O-])c1. The van der Waals surface area contributed by atoms with E-state index in [1.807, 2.05) is 0 Å². The van der Waals surface area contributed by atoms with Crippen LogP contribution in [-0.4, -0.2) is 5.97 Å². The summed E-state index contributed by atoms with van der Waals surface area (Å²) in [6, 6.07) is 3.15. The van der Waals surface area contributed by atoms with E-state index in [-0.39, 0.29) is 11.3 Å². The van der Waals surface area contributed by atoms with E-state index >= 15 is 0 Å². The Morgan fingerprint density at radius 1 is 1.46 bits per heavy atom. The van der Waals surface area contributed by atoms with Gasteiger partial charge in [0, 0.05) is 5.56 Å². The maximum atomic E-state index is 10.6. The molecule has 0 heterocycles. The van der Waals surface area contributed by atoms with Crippen LogP contribution in [0.1, 0.15) is 21.5 Å². The summed E-state index contributed by atoms with van der Waals surface area (Å²) in [7, 11) is 0. The lowest BCUT2D eigenvalue weighted by Gasteiger charge is -2.01. The quantitative estimate of drug-likeness (QED) is 0.603. The van der Waals surface area contributed by atoms with Crippen molar-refractivity contribution in [2.45, 2.75) is 13.8 Å². The van der Waals surface area contributed by atoms with Crippen LogP contribution in [0.2, 0.25) is 0 Å². The number of nitrogens with zero attached hydrogens (tertiary/aromatic N) is 2. The van der Waals surface area contributed by atoms with Crippen molar-refractivity contribution in [1.82, 2.24) is 0 Å². The topological polar surface area (TPSA) is 68.3 Å². The van der Waals surface area contributed by atoms with Crippen LogP contribution >= 0.6 is 0 Å². The monoisotopic (exact) mass is 176 g/mol. The molecule has 0 aromatic heterocycles. The van der Waals surface area contributed by atoms with Gasteiger partial charge in [0.25, 0.3) is 0 Å². The van der Waals surface area contributed by atoms with Crippen molar-refractivity contribution in [3.05, 3.63) is 33.8 Å². The van der Waals surface area contributed by atoms with Gasteiger partial charge in [0.05, 0.1) is 11.5 Å². The molecule has 66 valence electrons. The van der Waals surface area contributed by atoms with E-state index in [0.717, 1.165) is 5.56 Å². The maximum absolute atomic E-state index is 10.6. The van der Waals surface area contributed by atoms with Crippen molar-refractivity contribution in [2.75, 3.05) is 0 Å². The summed E-state index contributed by atoms with van der Waals surface area (Å²) in [4.78, 5) is 13.5.